The van der Waals surface area contributed by atoms with E-state index in [-0.39, 0.29) is 22.8 Å². The van der Waals surface area contributed by atoms with Crippen LogP contribution in [0.4, 0.5) is 29.9 Å². The van der Waals surface area contributed by atoms with Gasteiger partial charge in [0.15, 0.2) is 10.3 Å². The van der Waals surface area contributed by atoms with Crippen molar-refractivity contribution in [3.8, 4) is 0 Å². The number of thiazole rings is 1. The van der Waals surface area contributed by atoms with Crippen LogP contribution in [0.2, 0.25) is 0 Å². The molecule has 13 heteroatoms. The molecule has 8 nitrogen and oxygen atoms in total. The summed E-state index contributed by atoms with van der Waals surface area (Å²) in [4.78, 5) is 20.0. The highest BCUT2D eigenvalue weighted by atomic mass is 32.2. The quantitative estimate of drug-likeness (QED) is 0.454. The molecular formula is C20H21F3N6O2S2. The van der Waals surface area contributed by atoms with Crippen molar-refractivity contribution in [1.82, 2.24) is 19.7 Å². The Morgan fingerprint density at radius 1 is 1.21 bits per heavy atom. The molecule has 0 bridgehead atoms. The summed E-state index contributed by atoms with van der Waals surface area (Å²) < 4.78 is 46.2. The molecule has 1 fully saturated rings. The normalized spacial score (nSPS) is 14.5. The minimum atomic E-state index is -4.41. The molecule has 0 atom stereocenters. The van der Waals surface area contributed by atoms with Crippen LogP contribution >= 0.6 is 23.1 Å². The van der Waals surface area contributed by atoms with Gasteiger partial charge in [-0.15, -0.1) is 21.5 Å². The molecule has 3 heterocycles. The summed E-state index contributed by atoms with van der Waals surface area (Å²) in [5.41, 5.74) is 1.33. The van der Waals surface area contributed by atoms with Crippen LogP contribution < -0.4 is 9.80 Å². The smallest absolute Gasteiger partial charge is 0.378 e. The average molecular weight is 499 g/mol. The Morgan fingerprint density at radius 2 is 1.94 bits per heavy atom. The van der Waals surface area contributed by atoms with Gasteiger partial charge in [0.25, 0.3) is 0 Å². The third-order valence-electron chi connectivity index (χ3n) is 4.74. The first-order chi connectivity index (χ1) is 15.8. The minimum absolute atomic E-state index is 0.162. The van der Waals surface area contributed by atoms with Gasteiger partial charge in [-0.3, -0.25) is 14.3 Å². The van der Waals surface area contributed by atoms with Crippen molar-refractivity contribution in [3.05, 3.63) is 41.4 Å². The third-order valence-corrected chi connectivity index (χ3v) is 6.61. The van der Waals surface area contributed by atoms with Gasteiger partial charge in [-0.05, 0) is 12.1 Å². The van der Waals surface area contributed by atoms with E-state index in [1.54, 1.807) is 10.3 Å². The van der Waals surface area contributed by atoms with Crippen molar-refractivity contribution in [3.63, 3.8) is 0 Å². The van der Waals surface area contributed by atoms with E-state index >= 15 is 0 Å². The summed E-state index contributed by atoms with van der Waals surface area (Å²) in [6.45, 7) is 2.04. The minimum Gasteiger partial charge on any atom is -0.378 e. The predicted molar refractivity (Wildman–Crippen MR) is 120 cm³/mol. The number of aromatic nitrogens is 4. The maximum atomic E-state index is 13.3. The lowest BCUT2D eigenvalue weighted by atomic mass is 10.3. The third kappa shape index (κ3) is 5.84. The molecule has 3 aromatic rings. The molecule has 0 N–H and O–H groups in total. The maximum Gasteiger partial charge on any atom is 0.406 e. The molecule has 1 saturated heterocycles. The molecule has 1 aliphatic rings. The number of benzene rings is 1. The molecular weight excluding hydrogens is 477 g/mol. The van der Waals surface area contributed by atoms with Crippen LogP contribution in [0, 0.1) is 0 Å². The number of hydrogen-bond donors (Lipinski definition) is 0. The Balaban J connectivity index is 1.52. The van der Waals surface area contributed by atoms with E-state index in [1.807, 2.05) is 30.3 Å². The lowest BCUT2D eigenvalue weighted by Crippen LogP contribution is -2.38. The fourth-order valence-corrected chi connectivity index (χ4v) is 5.13. The highest BCUT2D eigenvalue weighted by Crippen LogP contribution is 2.33. The molecule has 0 aliphatic carbocycles. The van der Waals surface area contributed by atoms with Gasteiger partial charge < -0.3 is 9.64 Å². The monoisotopic (exact) mass is 498 g/mol. The Morgan fingerprint density at radius 3 is 2.61 bits per heavy atom. The SMILES string of the molecule is CC(=O)N(c1ccccc1)c1nc(CSc2nnc(N3CCOCC3)n2CC(F)(F)F)cs1. The lowest BCUT2D eigenvalue weighted by Gasteiger charge is -2.28. The van der Waals surface area contributed by atoms with Gasteiger partial charge in [0.05, 0.1) is 24.6 Å². The Kier molecular flexibility index (Phi) is 7.20. The molecule has 1 aromatic carbocycles. The average Bonchev–Trinajstić information content (AvgIpc) is 3.39. The molecule has 0 spiro atoms. The number of halogens is 3. The summed E-state index contributed by atoms with van der Waals surface area (Å²) in [5.74, 6) is 0.287. The summed E-state index contributed by atoms with van der Waals surface area (Å²) in [5, 5.41) is 10.5. The van der Waals surface area contributed by atoms with Crippen LogP contribution in [0.5, 0.6) is 0 Å². The van der Waals surface area contributed by atoms with Crippen molar-refractivity contribution >= 4 is 45.8 Å². The van der Waals surface area contributed by atoms with E-state index < -0.39 is 12.7 Å². The Hall–Kier alpha value is -2.64. The first-order valence-corrected chi connectivity index (χ1v) is 11.9. The fraction of sp³-hybridized carbons (Fsp3) is 0.400. The van der Waals surface area contributed by atoms with Crippen LogP contribution in [0.15, 0.2) is 40.9 Å². The van der Waals surface area contributed by atoms with Crippen LogP contribution in [0.25, 0.3) is 0 Å². The molecule has 0 saturated carbocycles. The Labute approximate surface area is 196 Å². The highest BCUT2D eigenvalue weighted by molar-refractivity contribution is 7.98. The second kappa shape index (κ2) is 10.1. The zero-order valence-electron chi connectivity index (χ0n) is 17.7. The van der Waals surface area contributed by atoms with Gasteiger partial charge in [-0.1, -0.05) is 30.0 Å². The topological polar surface area (TPSA) is 76.4 Å². The first kappa shape index (κ1) is 23.5. The molecule has 0 radical (unpaired) electrons. The predicted octanol–water partition coefficient (Wildman–Crippen LogP) is 4.11. The van der Waals surface area contributed by atoms with E-state index in [2.05, 4.69) is 15.2 Å². The number of carbonyl (C=O) groups is 1. The van der Waals surface area contributed by atoms with Gasteiger partial charge in [-0.2, -0.15) is 13.2 Å². The van der Waals surface area contributed by atoms with Gasteiger partial charge in [-0.25, -0.2) is 4.98 Å². The highest BCUT2D eigenvalue weighted by Gasteiger charge is 2.33. The molecule has 0 unspecified atom stereocenters. The summed E-state index contributed by atoms with van der Waals surface area (Å²) in [6.07, 6.45) is -4.41. The maximum absolute atomic E-state index is 13.3. The van der Waals surface area contributed by atoms with Crippen LogP contribution in [-0.2, 0) is 21.8 Å². The van der Waals surface area contributed by atoms with Gasteiger partial charge >= 0.3 is 6.18 Å². The van der Waals surface area contributed by atoms with Crippen LogP contribution in [-0.4, -0.2) is 58.1 Å². The number of rotatable bonds is 7. The van der Waals surface area contributed by atoms with Crippen molar-refractivity contribution in [1.29, 1.82) is 0 Å². The number of alkyl halides is 3. The molecule has 1 aliphatic heterocycles. The number of hydrogen-bond acceptors (Lipinski definition) is 8. The zero-order chi connectivity index (χ0) is 23.4. The number of thioether (sulfide) groups is 1. The standard InChI is InChI=1S/C20H21F3N6O2S2/c1-14(30)29(16-5-3-2-4-6-16)18-24-15(11-32-18)12-33-19-26-25-17(27-7-9-31-10-8-27)28(19)13-20(21,22)23/h2-6,11H,7-10,12-13H2,1H3. The second-order valence-electron chi connectivity index (χ2n) is 7.18. The lowest BCUT2D eigenvalue weighted by molar-refractivity contribution is -0.141. The van der Waals surface area contributed by atoms with Gasteiger partial charge in [0.1, 0.15) is 6.54 Å². The molecule has 2 aromatic heterocycles. The number of carbonyl (C=O) groups excluding carboxylic acids is 1. The van der Waals surface area contributed by atoms with Crippen molar-refractivity contribution in [2.75, 3.05) is 36.1 Å². The molecule has 33 heavy (non-hydrogen) atoms. The van der Waals surface area contributed by atoms with E-state index in [1.165, 1.54) is 23.2 Å². The largest absolute Gasteiger partial charge is 0.406 e. The van der Waals surface area contributed by atoms with Crippen molar-refractivity contribution < 1.29 is 22.7 Å². The van der Waals surface area contributed by atoms with Crippen molar-refractivity contribution in [2.45, 2.75) is 30.6 Å². The van der Waals surface area contributed by atoms with Crippen molar-refractivity contribution in [2.24, 2.45) is 0 Å². The molecule has 176 valence electrons. The number of para-hydroxylation sites is 1. The van der Waals surface area contributed by atoms with E-state index in [0.717, 1.165) is 16.3 Å². The number of ether oxygens (including phenoxy) is 1. The number of morpholine rings is 1. The summed E-state index contributed by atoms with van der Waals surface area (Å²) in [6, 6.07) is 9.13. The number of nitrogens with zero attached hydrogens (tertiary/aromatic N) is 6. The molecule has 1 amide bonds. The molecule has 4 rings (SSSR count). The first-order valence-electron chi connectivity index (χ1n) is 10.1. The van der Waals surface area contributed by atoms with E-state index in [4.69, 9.17) is 4.74 Å². The number of anilines is 3. The number of amides is 1. The fourth-order valence-electron chi connectivity index (χ4n) is 3.31. The summed E-state index contributed by atoms with van der Waals surface area (Å²) in [7, 11) is 0. The van der Waals surface area contributed by atoms with Crippen LogP contribution in [0.3, 0.4) is 0 Å². The second-order valence-corrected chi connectivity index (χ2v) is 8.96. The van der Waals surface area contributed by atoms with E-state index in [9.17, 15) is 18.0 Å². The zero-order valence-corrected chi connectivity index (χ0v) is 19.3. The van der Waals surface area contributed by atoms with Gasteiger partial charge in [0.2, 0.25) is 11.9 Å². The van der Waals surface area contributed by atoms with Crippen LogP contribution in [0.1, 0.15) is 12.6 Å². The van der Waals surface area contributed by atoms with Gasteiger partial charge in [0, 0.05) is 31.1 Å². The van der Waals surface area contributed by atoms with E-state index in [0.29, 0.717) is 42.8 Å². The Bertz CT molecular complexity index is 1080. The summed E-state index contributed by atoms with van der Waals surface area (Å²) >= 11 is 2.42.